The van der Waals surface area contributed by atoms with Gasteiger partial charge in [-0.15, -0.1) is 10.2 Å². The standard InChI is InChI=1S/C9H17N5O/c1-13-11-9(10-12-13)8(15)7-14-5-3-2-4-6-14/h8,15H,2-7H2,1H3/t8-/m1/s1. The Kier molecular flexibility index (Phi) is 3.27. The third-order valence-corrected chi connectivity index (χ3v) is 2.70. The van der Waals surface area contributed by atoms with Crippen molar-refractivity contribution in [3.63, 3.8) is 0 Å². The van der Waals surface area contributed by atoms with Crippen LogP contribution in [0.5, 0.6) is 0 Å². The maximum Gasteiger partial charge on any atom is 0.204 e. The highest BCUT2D eigenvalue weighted by Gasteiger charge is 2.18. The number of tetrazole rings is 1. The van der Waals surface area contributed by atoms with Gasteiger partial charge in [0.15, 0.2) is 0 Å². The van der Waals surface area contributed by atoms with Crippen LogP contribution >= 0.6 is 0 Å². The Hall–Kier alpha value is -1.01. The molecule has 1 atom stereocenters. The van der Waals surface area contributed by atoms with Crippen molar-refractivity contribution >= 4 is 0 Å². The molecule has 2 heterocycles. The van der Waals surface area contributed by atoms with Crippen LogP contribution in [0.15, 0.2) is 0 Å². The largest absolute Gasteiger partial charge is 0.384 e. The molecule has 0 radical (unpaired) electrons. The van der Waals surface area contributed by atoms with Gasteiger partial charge in [-0.1, -0.05) is 6.42 Å². The molecule has 6 nitrogen and oxygen atoms in total. The first-order valence-electron chi connectivity index (χ1n) is 5.40. The van der Waals surface area contributed by atoms with Crippen LogP contribution < -0.4 is 0 Å². The zero-order valence-corrected chi connectivity index (χ0v) is 9.00. The smallest absolute Gasteiger partial charge is 0.204 e. The molecule has 15 heavy (non-hydrogen) atoms. The Morgan fingerprint density at radius 3 is 2.67 bits per heavy atom. The Labute approximate surface area is 88.9 Å². The van der Waals surface area contributed by atoms with E-state index in [9.17, 15) is 5.11 Å². The first-order chi connectivity index (χ1) is 7.25. The Morgan fingerprint density at radius 1 is 1.33 bits per heavy atom. The number of hydrogen-bond acceptors (Lipinski definition) is 5. The first kappa shape index (κ1) is 10.5. The normalized spacial score (nSPS) is 20.4. The van der Waals surface area contributed by atoms with Crippen LogP contribution in [0.1, 0.15) is 31.2 Å². The Balaban J connectivity index is 1.88. The summed E-state index contributed by atoms with van der Waals surface area (Å²) in [4.78, 5) is 3.62. The second-order valence-electron chi connectivity index (χ2n) is 4.01. The lowest BCUT2D eigenvalue weighted by molar-refractivity contribution is 0.0950. The monoisotopic (exact) mass is 211 g/mol. The molecular formula is C9H17N5O. The maximum atomic E-state index is 9.87. The molecule has 84 valence electrons. The number of aliphatic hydroxyl groups excluding tert-OH is 1. The molecule has 0 spiro atoms. The van der Waals surface area contributed by atoms with E-state index in [1.54, 1.807) is 7.05 Å². The van der Waals surface area contributed by atoms with Crippen LogP contribution in [0.3, 0.4) is 0 Å². The number of piperidine rings is 1. The van der Waals surface area contributed by atoms with Gasteiger partial charge in [0.1, 0.15) is 6.10 Å². The van der Waals surface area contributed by atoms with Gasteiger partial charge in [-0.25, -0.2) is 0 Å². The number of nitrogens with zero attached hydrogens (tertiary/aromatic N) is 5. The molecular weight excluding hydrogens is 194 g/mol. The third-order valence-electron chi connectivity index (χ3n) is 2.70. The fourth-order valence-electron chi connectivity index (χ4n) is 1.90. The molecule has 1 N–H and O–H groups in total. The number of aliphatic hydroxyl groups is 1. The predicted octanol–water partition coefficient (Wildman–Crippen LogP) is -0.271. The van der Waals surface area contributed by atoms with E-state index in [0.29, 0.717) is 12.4 Å². The number of β-amino-alcohol motifs (C(OH)–C–C–N with tert-alkyl or cyclic N) is 1. The van der Waals surface area contributed by atoms with E-state index in [0.717, 1.165) is 13.1 Å². The molecule has 0 amide bonds. The van der Waals surface area contributed by atoms with Crippen LogP contribution in [0.4, 0.5) is 0 Å². The van der Waals surface area contributed by atoms with Gasteiger partial charge >= 0.3 is 0 Å². The third kappa shape index (κ3) is 2.73. The van der Waals surface area contributed by atoms with Gasteiger partial charge in [-0.2, -0.15) is 4.80 Å². The Morgan fingerprint density at radius 2 is 2.07 bits per heavy atom. The van der Waals surface area contributed by atoms with Gasteiger partial charge in [-0.3, -0.25) is 0 Å². The summed E-state index contributed by atoms with van der Waals surface area (Å²) in [5, 5.41) is 21.4. The van der Waals surface area contributed by atoms with Crippen molar-refractivity contribution in [1.29, 1.82) is 0 Å². The second kappa shape index (κ2) is 4.67. The zero-order valence-electron chi connectivity index (χ0n) is 9.00. The minimum Gasteiger partial charge on any atom is -0.384 e. The highest BCUT2D eigenvalue weighted by Crippen LogP contribution is 2.13. The SMILES string of the molecule is Cn1nnc([C@H](O)CN2CCCCC2)n1. The topological polar surface area (TPSA) is 67.1 Å². The minimum atomic E-state index is -0.614. The van der Waals surface area contributed by atoms with Gasteiger partial charge in [-0.05, 0) is 31.1 Å². The van der Waals surface area contributed by atoms with Gasteiger partial charge in [0.05, 0.1) is 7.05 Å². The van der Waals surface area contributed by atoms with E-state index >= 15 is 0 Å². The summed E-state index contributed by atoms with van der Waals surface area (Å²) in [6.45, 7) is 2.75. The molecule has 0 bridgehead atoms. The summed E-state index contributed by atoms with van der Waals surface area (Å²) >= 11 is 0. The molecule has 1 aromatic heterocycles. The predicted molar refractivity (Wildman–Crippen MR) is 54.0 cm³/mol. The van der Waals surface area contributed by atoms with Gasteiger partial charge in [0.25, 0.3) is 0 Å². The van der Waals surface area contributed by atoms with Gasteiger partial charge in [0.2, 0.25) is 5.82 Å². The molecule has 0 aliphatic carbocycles. The fraction of sp³-hybridized carbons (Fsp3) is 0.889. The Bertz CT molecular complexity index is 307. The molecule has 0 saturated carbocycles. The average Bonchev–Trinajstić information content (AvgIpc) is 2.66. The molecule has 1 saturated heterocycles. The molecule has 1 fully saturated rings. The first-order valence-corrected chi connectivity index (χ1v) is 5.40. The van der Waals surface area contributed by atoms with Crippen molar-refractivity contribution in [1.82, 2.24) is 25.1 Å². The van der Waals surface area contributed by atoms with E-state index in [1.807, 2.05) is 0 Å². The summed E-state index contributed by atoms with van der Waals surface area (Å²) in [6.07, 6.45) is 3.13. The van der Waals surface area contributed by atoms with Crippen molar-refractivity contribution in [2.45, 2.75) is 25.4 Å². The van der Waals surface area contributed by atoms with Gasteiger partial charge < -0.3 is 10.0 Å². The van der Waals surface area contributed by atoms with Crippen LogP contribution in [0, 0.1) is 0 Å². The van der Waals surface area contributed by atoms with Gasteiger partial charge in [0, 0.05) is 6.54 Å². The van der Waals surface area contributed by atoms with Crippen molar-refractivity contribution in [3.8, 4) is 0 Å². The van der Waals surface area contributed by atoms with Crippen molar-refractivity contribution in [2.24, 2.45) is 7.05 Å². The van der Waals surface area contributed by atoms with E-state index in [2.05, 4.69) is 20.3 Å². The van der Waals surface area contributed by atoms with E-state index in [1.165, 1.54) is 24.1 Å². The van der Waals surface area contributed by atoms with Crippen LogP contribution in [0.2, 0.25) is 0 Å². The molecule has 2 rings (SSSR count). The summed E-state index contributed by atoms with van der Waals surface area (Å²) in [6, 6.07) is 0. The zero-order chi connectivity index (χ0) is 10.7. The lowest BCUT2D eigenvalue weighted by Gasteiger charge is -2.27. The van der Waals surface area contributed by atoms with Crippen LogP contribution in [0.25, 0.3) is 0 Å². The lowest BCUT2D eigenvalue weighted by Crippen LogP contribution is -2.33. The molecule has 1 aliphatic rings. The number of aryl methyl sites for hydroxylation is 1. The summed E-state index contributed by atoms with van der Waals surface area (Å²) in [5.41, 5.74) is 0. The summed E-state index contributed by atoms with van der Waals surface area (Å²) in [5.74, 6) is 0.420. The fourth-order valence-corrected chi connectivity index (χ4v) is 1.90. The van der Waals surface area contributed by atoms with Crippen LogP contribution in [-0.4, -0.2) is 49.8 Å². The maximum absolute atomic E-state index is 9.87. The van der Waals surface area contributed by atoms with Crippen LogP contribution in [-0.2, 0) is 7.05 Å². The number of rotatable bonds is 3. The molecule has 1 aromatic rings. The molecule has 6 heteroatoms. The molecule has 0 unspecified atom stereocenters. The molecule has 1 aliphatic heterocycles. The van der Waals surface area contributed by atoms with Crippen molar-refractivity contribution in [3.05, 3.63) is 5.82 Å². The van der Waals surface area contributed by atoms with Crippen molar-refractivity contribution in [2.75, 3.05) is 19.6 Å². The number of likely N-dealkylation sites (tertiary alicyclic amines) is 1. The second-order valence-corrected chi connectivity index (χ2v) is 4.01. The summed E-state index contributed by atoms with van der Waals surface area (Å²) < 4.78 is 0. The highest BCUT2D eigenvalue weighted by molar-refractivity contribution is 4.86. The quantitative estimate of drug-likeness (QED) is 0.745. The van der Waals surface area contributed by atoms with Crippen molar-refractivity contribution < 1.29 is 5.11 Å². The van der Waals surface area contributed by atoms with E-state index in [-0.39, 0.29) is 0 Å². The van der Waals surface area contributed by atoms with E-state index in [4.69, 9.17) is 0 Å². The minimum absolute atomic E-state index is 0.420. The average molecular weight is 211 g/mol. The lowest BCUT2D eigenvalue weighted by atomic mass is 10.1. The highest BCUT2D eigenvalue weighted by atomic mass is 16.3. The number of aromatic nitrogens is 4. The summed E-state index contributed by atoms with van der Waals surface area (Å²) in [7, 11) is 1.70. The number of hydrogen-bond donors (Lipinski definition) is 1. The molecule has 0 aromatic carbocycles. The van der Waals surface area contributed by atoms with E-state index < -0.39 is 6.10 Å².